The van der Waals surface area contributed by atoms with E-state index in [-0.39, 0.29) is 30.3 Å². The Morgan fingerprint density at radius 2 is 2.23 bits per heavy atom. The summed E-state index contributed by atoms with van der Waals surface area (Å²) in [6.45, 7) is 1.01. The second kappa shape index (κ2) is 7.11. The number of ether oxygens (including phenoxy) is 1. The zero-order valence-electron chi connectivity index (χ0n) is 13.5. The van der Waals surface area contributed by atoms with Crippen molar-refractivity contribution in [2.75, 3.05) is 12.4 Å². The number of carboxylic acid groups (broad SMARTS) is 1. The molecule has 3 rings (SSSR count). The molecule has 1 saturated heterocycles. The van der Waals surface area contributed by atoms with E-state index in [1.807, 2.05) is 0 Å². The summed E-state index contributed by atoms with van der Waals surface area (Å²) in [4.78, 5) is 48.0. The molecule has 0 aromatic carbocycles. The lowest BCUT2D eigenvalue weighted by Gasteiger charge is -2.49. The molecule has 26 heavy (non-hydrogen) atoms. The molecule has 2 atom stereocenters. The number of tetrazole rings is 1. The van der Waals surface area contributed by atoms with Crippen molar-refractivity contribution in [2.24, 2.45) is 0 Å². The van der Waals surface area contributed by atoms with Crippen molar-refractivity contribution in [2.45, 2.75) is 24.8 Å². The highest BCUT2D eigenvalue weighted by atomic mass is 32.2. The molecule has 2 aliphatic rings. The van der Waals surface area contributed by atoms with Crippen LogP contribution in [0.4, 0.5) is 0 Å². The lowest BCUT2D eigenvalue weighted by Crippen LogP contribution is -2.70. The Balaban J connectivity index is 1.69. The van der Waals surface area contributed by atoms with Crippen molar-refractivity contribution >= 4 is 35.5 Å². The van der Waals surface area contributed by atoms with Crippen LogP contribution in [0.2, 0.25) is 0 Å². The summed E-state index contributed by atoms with van der Waals surface area (Å²) in [5.41, 5.74) is 0.127. The first-order valence-electron chi connectivity index (χ1n) is 7.43. The van der Waals surface area contributed by atoms with Gasteiger partial charge in [0.05, 0.1) is 6.42 Å². The number of aromatic amines is 1. The topological polar surface area (TPSA) is 167 Å². The number of aliphatic carboxylic acids is 1. The molecule has 1 aromatic heterocycles. The van der Waals surface area contributed by atoms with Crippen molar-refractivity contribution in [3.8, 4) is 0 Å². The van der Waals surface area contributed by atoms with Crippen LogP contribution in [0.3, 0.4) is 0 Å². The Morgan fingerprint density at radius 1 is 1.46 bits per heavy atom. The molecule has 0 spiro atoms. The molecular formula is C13H14N6O6S. The van der Waals surface area contributed by atoms with Crippen LogP contribution in [0.5, 0.6) is 0 Å². The number of carbonyl (C=O) groups is 4. The first-order chi connectivity index (χ1) is 12.4. The number of carboxylic acids is 1. The molecule has 1 fully saturated rings. The normalized spacial score (nSPS) is 21.7. The number of esters is 1. The van der Waals surface area contributed by atoms with E-state index in [0.29, 0.717) is 5.57 Å². The second-order valence-corrected chi connectivity index (χ2v) is 6.60. The molecule has 3 heterocycles. The highest BCUT2D eigenvalue weighted by molar-refractivity contribution is 8.00. The number of nitrogens with zero attached hydrogens (tertiary/aromatic N) is 4. The maximum atomic E-state index is 12.4. The molecule has 1 unspecified atom stereocenters. The molecule has 2 amide bonds. The number of hydrogen-bond acceptors (Lipinski definition) is 9. The third-order valence-corrected chi connectivity index (χ3v) is 5.06. The van der Waals surface area contributed by atoms with Gasteiger partial charge in [0.25, 0.3) is 5.91 Å². The van der Waals surface area contributed by atoms with Crippen molar-refractivity contribution in [3.63, 3.8) is 0 Å². The Labute approximate surface area is 150 Å². The van der Waals surface area contributed by atoms with Gasteiger partial charge in [-0.15, -0.1) is 22.0 Å². The van der Waals surface area contributed by atoms with Gasteiger partial charge in [-0.1, -0.05) is 5.21 Å². The minimum Gasteiger partial charge on any atom is -0.477 e. The van der Waals surface area contributed by atoms with Crippen molar-refractivity contribution in [3.05, 3.63) is 17.1 Å². The van der Waals surface area contributed by atoms with E-state index in [4.69, 9.17) is 4.74 Å². The van der Waals surface area contributed by atoms with E-state index in [1.165, 1.54) is 18.7 Å². The lowest BCUT2D eigenvalue weighted by molar-refractivity contribution is -0.151. The Bertz CT molecular complexity index is 793. The fourth-order valence-corrected chi connectivity index (χ4v) is 3.94. The van der Waals surface area contributed by atoms with Gasteiger partial charge in [-0.25, -0.2) is 4.79 Å². The highest BCUT2D eigenvalue weighted by Gasteiger charge is 2.54. The number of thioether (sulfide) groups is 1. The monoisotopic (exact) mass is 382 g/mol. The Kier molecular flexibility index (Phi) is 4.88. The molecular weight excluding hydrogens is 368 g/mol. The lowest BCUT2D eigenvalue weighted by atomic mass is 10.0. The predicted molar refractivity (Wildman–Crippen MR) is 84.2 cm³/mol. The van der Waals surface area contributed by atoms with E-state index in [9.17, 15) is 24.3 Å². The van der Waals surface area contributed by atoms with Crippen LogP contribution in [0.25, 0.3) is 0 Å². The van der Waals surface area contributed by atoms with Gasteiger partial charge in [-0.3, -0.25) is 19.3 Å². The Morgan fingerprint density at radius 3 is 2.85 bits per heavy atom. The van der Waals surface area contributed by atoms with E-state index < -0.39 is 35.2 Å². The van der Waals surface area contributed by atoms with Gasteiger partial charge < -0.3 is 15.2 Å². The zero-order chi connectivity index (χ0) is 18.8. The number of H-pyrrole nitrogens is 1. The van der Waals surface area contributed by atoms with E-state index >= 15 is 0 Å². The molecule has 138 valence electrons. The summed E-state index contributed by atoms with van der Waals surface area (Å²) in [5.74, 6) is -2.41. The minimum atomic E-state index is -1.29. The fourth-order valence-electron chi connectivity index (χ4n) is 2.61. The van der Waals surface area contributed by atoms with E-state index in [0.717, 1.165) is 4.90 Å². The van der Waals surface area contributed by atoms with Gasteiger partial charge in [0.1, 0.15) is 23.7 Å². The average Bonchev–Trinajstić information content (AvgIpc) is 3.09. The van der Waals surface area contributed by atoms with Crippen LogP contribution >= 0.6 is 11.8 Å². The number of hydrogen-bond donors (Lipinski definition) is 3. The third-order valence-electron chi connectivity index (χ3n) is 3.72. The minimum absolute atomic E-state index is 0.156. The van der Waals surface area contributed by atoms with Gasteiger partial charge >= 0.3 is 11.9 Å². The smallest absolute Gasteiger partial charge is 0.352 e. The average molecular weight is 382 g/mol. The maximum Gasteiger partial charge on any atom is 0.352 e. The van der Waals surface area contributed by atoms with Gasteiger partial charge in [0.15, 0.2) is 5.82 Å². The number of β-lactam (4-membered cyclic amide) rings is 1. The number of nitrogens with one attached hydrogen (secondary N) is 2. The summed E-state index contributed by atoms with van der Waals surface area (Å²) in [6, 6.07) is -0.843. The number of rotatable bonds is 6. The van der Waals surface area contributed by atoms with Crippen molar-refractivity contribution < 1.29 is 29.0 Å². The van der Waals surface area contributed by atoms with Crippen molar-refractivity contribution in [1.82, 2.24) is 30.8 Å². The third kappa shape index (κ3) is 3.37. The molecule has 1 aromatic rings. The number of carbonyl (C=O) groups excluding carboxylic acids is 3. The molecule has 13 heteroatoms. The van der Waals surface area contributed by atoms with Crippen LogP contribution < -0.4 is 5.32 Å². The maximum absolute atomic E-state index is 12.4. The summed E-state index contributed by atoms with van der Waals surface area (Å²) in [7, 11) is 0. The number of aromatic nitrogens is 4. The summed E-state index contributed by atoms with van der Waals surface area (Å²) < 4.78 is 4.85. The zero-order valence-corrected chi connectivity index (χ0v) is 14.3. The molecule has 3 N–H and O–H groups in total. The summed E-state index contributed by atoms with van der Waals surface area (Å²) in [5, 5.41) is 24.3. The molecule has 2 aliphatic heterocycles. The van der Waals surface area contributed by atoms with Gasteiger partial charge in [0, 0.05) is 18.2 Å². The first-order valence-corrected chi connectivity index (χ1v) is 8.48. The van der Waals surface area contributed by atoms with Crippen LogP contribution in [-0.4, -0.2) is 78.2 Å². The largest absolute Gasteiger partial charge is 0.477 e. The molecule has 12 nitrogen and oxygen atoms in total. The molecule has 0 aliphatic carbocycles. The molecule has 0 bridgehead atoms. The standard InChI is InChI=1S/C13H14N6O6S/c1-5(20)25-3-6-4-26-12-9(11(22)19(12)10(6)13(23)24)14-8(21)2-7-15-17-18-16-7/h9,12H,2-4H2,1H3,(H,14,21)(H,23,24)(H,15,16,17,18)/t9?,12-/m1/s1. The van der Waals surface area contributed by atoms with Crippen molar-refractivity contribution in [1.29, 1.82) is 0 Å². The first kappa shape index (κ1) is 17.8. The SMILES string of the molecule is CC(=O)OCC1=C(C(=O)O)N2C(=O)C(NC(=O)Cc3nn[nH]n3)[C@H]2SC1. The quantitative estimate of drug-likeness (QED) is 0.371. The summed E-state index contributed by atoms with van der Waals surface area (Å²) >= 11 is 1.28. The highest BCUT2D eigenvalue weighted by Crippen LogP contribution is 2.40. The van der Waals surface area contributed by atoms with E-state index in [2.05, 4.69) is 25.9 Å². The molecule has 0 saturated carbocycles. The Hall–Kier alpha value is -2.96. The number of amides is 2. The predicted octanol–water partition coefficient (Wildman–Crippen LogP) is -1.96. The van der Waals surface area contributed by atoms with Crippen LogP contribution in [0.15, 0.2) is 11.3 Å². The van der Waals surface area contributed by atoms with E-state index in [1.54, 1.807) is 0 Å². The van der Waals surface area contributed by atoms with Gasteiger partial charge in [-0.2, -0.15) is 5.21 Å². The summed E-state index contributed by atoms with van der Waals surface area (Å²) in [6.07, 6.45) is -0.156. The molecule has 0 radical (unpaired) electrons. The number of fused-ring (bicyclic) bond motifs is 1. The van der Waals surface area contributed by atoms with Crippen LogP contribution in [0.1, 0.15) is 12.7 Å². The van der Waals surface area contributed by atoms with Gasteiger partial charge in [-0.05, 0) is 0 Å². The van der Waals surface area contributed by atoms with Crippen LogP contribution in [-0.2, 0) is 30.3 Å². The second-order valence-electron chi connectivity index (χ2n) is 5.50. The van der Waals surface area contributed by atoms with Crippen LogP contribution in [0, 0.1) is 0 Å². The van der Waals surface area contributed by atoms with Gasteiger partial charge in [0.2, 0.25) is 5.91 Å². The fraction of sp³-hybridized carbons (Fsp3) is 0.462.